The second-order valence-corrected chi connectivity index (χ2v) is 11.3. The molecule has 0 spiro atoms. The van der Waals surface area contributed by atoms with E-state index < -0.39 is 0 Å². The summed E-state index contributed by atoms with van der Waals surface area (Å²) in [6, 6.07) is 59.7. The van der Waals surface area contributed by atoms with Crippen LogP contribution in [0.5, 0.6) is 0 Å². The molecule has 0 saturated carbocycles. The fraction of sp³-hybridized carbons (Fsp3) is 0. The van der Waals surface area contributed by atoms with E-state index in [4.69, 9.17) is 0 Å². The standard InChI is InChI=1S/C42H27N/c1-3-13-28(14-4-1)37-26-30-27-38(33-18-8-10-21-36(33)42(30)35-20-9-7-17-32(35)37)29-23-24-41-39(25-29)34-19-11-12-22-40(34)43(41)31-15-5-2-6-16-31/h1-27H. The lowest BCUT2D eigenvalue weighted by Gasteiger charge is -2.16. The molecule has 0 atom stereocenters. The number of para-hydroxylation sites is 2. The second kappa shape index (κ2) is 9.44. The van der Waals surface area contributed by atoms with Crippen molar-refractivity contribution < 1.29 is 0 Å². The summed E-state index contributed by atoms with van der Waals surface area (Å²) in [5.74, 6) is 0. The van der Waals surface area contributed by atoms with Crippen LogP contribution in [0.25, 0.3) is 82.1 Å². The average Bonchev–Trinajstić information content (AvgIpc) is 3.42. The molecule has 0 aliphatic heterocycles. The monoisotopic (exact) mass is 545 g/mol. The van der Waals surface area contributed by atoms with Crippen molar-refractivity contribution in [2.75, 3.05) is 0 Å². The summed E-state index contributed by atoms with van der Waals surface area (Å²) < 4.78 is 2.38. The first-order valence-electron chi connectivity index (χ1n) is 14.9. The summed E-state index contributed by atoms with van der Waals surface area (Å²) in [5.41, 5.74) is 8.63. The maximum Gasteiger partial charge on any atom is 0.0541 e. The summed E-state index contributed by atoms with van der Waals surface area (Å²) in [5, 5.41) is 10.3. The SMILES string of the molecule is c1ccc(-c2cc3cc(-c4ccc5c(c4)c4ccccc4n5-c4ccccc4)c4ccccc4c3c3ccccc23)cc1. The van der Waals surface area contributed by atoms with Gasteiger partial charge in [-0.3, -0.25) is 0 Å². The molecule has 0 saturated heterocycles. The topological polar surface area (TPSA) is 4.93 Å². The Morgan fingerprint density at radius 2 is 0.837 bits per heavy atom. The Kier molecular flexibility index (Phi) is 5.27. The third kappa shape index (κ3) is 3.65. The van der Waals surface area contributed by atoms with Gasteiger partial charge in [0.05, 0.1) is 11.0 Å². The number of benzene rings is 8. The van der Waals surface area contributed by atoms with Crippen molar-refractivity contribution in [3.05, 3.63) is 164 Å². The van der Waals surface area contributed by atoms with Crippen LogP contribution in [0, 0.1) is 0 Å². The minimum absolute atomic E-state index is 1.18. The highest BCUT2D eigenvalue weighted by molar-refractivity contribution is 6.26. The average molecular weight is 546 g/mol. The van der Waals surface area contributed by atoms with Crippen molar-refractivity contribution in [3.63, 3.8) is 0 Å². The van der Waals surface area contributed by atoms with Gasteiger partial charge in [0.15, 0.2) is 0 Å². The minimum Gasteiger partial charge on any atom is -0.309 e. The first kappa shape index (κ1) is 24.0. The van der Waals surface area contributed by atoms with Crippen molar-refractivity contribution >= 4 is 54.1 Å². The number of hydrogen-bond acceptors (Lipinski definition) is 0. The van der Waals surface area contributed by atoms with Crippen LogP contribution in [-0.2, 0) is 0 Å². The molecule has 0 amide bonds. The fourth-order valence-corrected chi connectivity index (χ4v) is 7.07. The Morgan fingerprint density at radius 1 is 0.326 bits per heavy atom. The summed E-state index contributed by atoms with van der Waals surface area (Å²) in [7, 11) is 0. The van der Waals surface area contributed by atoms with E-state index in [0.29, 0.717) is 0 Å². The molecule has 1 nitrogen and oxygen atoms in total. The Bertz CT molecular complexity index is 2480. The predicted octanol–water partition coefficient (Wildman–Crippen LogP) is 11.6. The van der Waals surface area contributed by atoms with E-state index in [9.17, 15) is 0 Å². The molecule has 0 fully saturated rings. The van der Waals surface area contributed by atoms with Gasteiger partial charge in [0.25, 0.3) is 0 Å². The third-order valence-corrected chi connectivity index (χ3v) is 8.94. The van der Waals surface area contributed by atoms with Crippen molar-refractivity contribution in [2.45, 2.75) is 0 Å². The molecule has 0 unspecified atom stereocenters. The Balaban J connectivity index is 1.37. The predicted molar refractivity (Wildman–Crippen MR) is 184 cm³/mol. The highest BCUT2D eigenvalue weighted by Crippen LogP contribution is 2.43. The molecule has 0 bridgehead atoms. The molecule has 9 aromatic rings. The van der Waals surface area contributed by atoms with E-state index >= 15 is 0 Å². The molecule has 200 valence electrons. The normalized spacial score (nSPS) is 11.7. The summed E-state index contributed by atoms with van der Waals surface area (Å²) in [6.07, 6.45) is 0. The van der Waals surface area contributed by atoms with Gasteiger partial charge in [-0.25, -0.2) is 0 Å². The van der Waals surface area contributed by atoms with Gasteiger partial charge in [-0.2, -0.15) is 0 Å². The fourth-order valence-electron chi connectivity index (χ4n) is 7.07. The number of nitrogens with zero attached hydrogens (tertiary/aromatic N) is 1. The molecule has 0 radical (unpaired) electrons. The van der Waals surface area contributed by atoms with Crippen molar-refractivity contribution in [1.29, 1.82) is 0 Å². The van der Waals surface area contributed by atoms with Gasteiger partial charge < -0.3 is 4.57 Å². The zero-order valence-corrected chi connectivity index (χ0v) is 23.5. The van der Waals surface area contributed by atoms with Gasteiger partial charge in [-0.1, -0.05) is 121 Å². The second-order valence-electron chi connectivity index (χ2n) is 11.3. The molecule has 0 aliphatic rings. The van der Waals surface area contributed by atoms with E-state index in [0.717, 1.165) is 0 Å². The minimum atomic E-state index is 1.18. The summed E-state index contributed by atoms with van der Waals surface area (Å²) >= 11 is 0. The van der Waals surface area contributed by atoms with Crippen LogP contribution in [0.15, 0.2) is 164 Å². The zero-order chi connectivity index (χ0) is 28.3. The lowest BCUT2D eigenvalue weighted by atomic mass is 9.87. The van der Waals surface area contributed by atoms with Crippen LogP contribution < -0.4 is 0 Å². The number of fused-ring (bicyclic) bond motifs is 8. The van der Waals surface area contributed by atoms with Crippen LogP contribution in [0.1, 0.15) is 0 Å². The first-order chi connectivity index (χ1) is 21.3. The summed E-state index contributed by atoms with van der Waals surface area (Å²) in [6.45, 7) is 0. The maximum absolute atomic E-state index is 2.41. The van der Waals surface area contributed by atoms with E-state index in [1.807, 2.05) is 0 Å². The largest absolute Gasteiger partial charge is 0.309 e. The van der Waals surface area contributed by atoms with Gasteiger partial charge >= 0.3 is 0 Å². The molecule has 0 aliphatic carbocycles. The van der Waals surface area contributed by atoms with Gasteiger partial charge in [0.2, 0.25) is 0 Å². The molecule has 9 rings (SSSR count). The van der Waals surface area contributed by atoms with Crippen LogP contribution >= 0.6 is 0 Å². The molecule has 1 aromatic heterocycles. The van der Waals surface area contributed by atoms with Gasteiger partial charge in [0, 0.05) is 16.5 Å². The van der Waals surface area contributed by atoms with Crippen molar-refractivity contribution in [1.82, 2.24) is 4.57 Å². The maximum atomic E-state index is 2.41. The van der Waals surface area contributed by atoms with Crippen LogP contribution in [0.2, 0.25) is 0 Å². The van der Waals surface area contributed by atoms with E-state index in [-0.39, 0.29) is 0 Å². The van der Waals surface area contributed by atoms with Crippen LogP contribution in [-0.4, -0.2) is 4.57 Å². The lowest BCUT2D eigenvalue weighted by molar-refractivity contribution is 1.18. The molecule has 8 aromatic carbocycles. The van der Waals surface area contributed by atoms with E-state index in [1.165, 1.54) is 82.1 Å². The van der Waals surface area contributed by atoms with Crippen molar-refractivity contribution in [2.24, 2.45) is 0 Å². The molecule has 1 heterocycles. The lowest BCUT2D eigenvalue weighted by Crippen LogP contribution is -1.93. The Hall–Kier alpha value is -5.66. The van der Waals surface area contributed by atoms with Gasteiger partial charge in [-0.05, 0) is 97.0 Å². The number of hydrogen-bond donors (Lipinski definition) is 0. The van der Waals surface area contributed by atoms with E-state index in [1.54, 1.807) is 0 Å². The smallest absolute Gasteiger partial charge is 0.0541 e. The van der Waals surface area contributed by atoms with E-state index in [2.05, 4.69) is 168 Å². The third-order valence-electron chi connectivity index (χ3n) is 8.94. The molecule has 43 heavy (non-hydrogen) atoms. The highest BCUT2D eigenvalue weighted by atomic mass is 15.0. The molecular formula is C42H27N. The van der Waals surface area contributed by atoms with Crippen LogP contribution in [0.4, 0.5) is 0 Å². The molecule has 0 N–H and O–H groups in total. The quantitative estimate of drug-likeness (QED) is 0.195. The number of aromatic nitrogens is 1. The zero-order valence-electron chi connectivity index (χ0n) is 23.5. The van der Waals surface area contributed by atoms with Gasteiger partial charge in [0.1, 0.15) is 0 Å². The first-order valence-corrected chi connectivity index (χ1v) is 14.9. The Labute approximate surface area is 249 Å². The highest BCUT2D eigenvalue weighted by Gasteiger charge is 2.17. The molecule has 1 heteroatoms. The summed E-state index contributed by atoms with van der Waals surface area (Å²) in [4.78, 5) is 0. The van der Waals surface area contributed by atoms with Crippen molar-refractivity contribution in [3.8, 4) is 27.9 Å². The van der Waals surface area contributed by atoms with Gasteiger partial charge in [-0.15, -0.1) is 0 Å². The Morgan fingerprint density at radius 3 is 1.51 bits per heavy atom. The van der Waals surface area contributed by atoms with Crippen LogP contribution in [0.3, 0.4) is 0 Å². The number of rotatable bonds is 3. The molecular weight excluding hydrogens is 518 g/mol.